The number of rotatable bonds is 21. The van der Waals surface area contributed by atoms with Crippen molar-refractivity contribution < 1.29 is 4.74 Å². The minimum Gasteiger partial charge on any atom is -0.378 e. The molecule has 0 fully saturated rings. The van der Waals surface area contributed by atoms with Crippen LogP contribution in [0.3, 0.4) is 0 Å². The van der Waals surface area contributed by atoms with E-state index in [9.17, 15) is 0 Å². The first-order valence-electron chi connectivity index (χ1n) is 12.0. The van der Waals surface area contributed by atoms with Crippen LogP contribution in [0, 0.1) is 0 Å². The average Bonchev–Trinajstić information content (AvgIpc) is 2.63. The maximum Gasteiger partial charge on any atom is 0.0572 e. The number of hydrogen-bond acceptors (Lipinski definition) is 1. The predicted octanol–water partition coefficient (Wildman–Crippen LogP) is 8.84. The fraction of sp³-hybridized carbons (Fsp3) is 1.00. The van der Waals surface area contributed by atoms with Gasteiger partial charge in [-0.15, -0.1) is 0 Å². The normalized spacial score (nSPS) is 12.6. The Hall–Kier alpha value is -0.0400. The molecule has 0 amide bonds. The van der Waals surface area contributed by atoms with Gasteiger partial charge in [0.05, 0.1) is 6.10 Å². The van der Waals surface area contributed by atoms with Crippen LogP contribution in [0.15, 0.2) is 0 Å². The molecule has 1 unspecified atom stereocenters. The molecule has 0 saturated heterocycles. The number of unbranched alkanes of at least 4 members (excludes halogenated alkanes) is 15. The average molecular weight is 355 g/mol. The van der Waals surface area contributed by atoms with E-state index < -0.39 is 0 Å². The summed E-state index contributed by atoms with van der Waals surface area (Å²) in [5, 5.41) is 0. The lowest BCUT2D eigenvalue weighted by Gasteiger charge is -2.15. The van der Waals surface area contributed by atoms with Gasteiger partial charge in [0.2, 0.25) is 0 Å². The topological polar surface area (TPSA) is 9.23 Å². The molecule has 1 nitrogen and oxygen atoms in total. The molecule has 0 aliphatic heterocycles. The highest BCUT2D eigenvalue weighted by Gasteiger charge is 2.05. The highest BCUT2D eigenvalue weighted by Crippen LogP contribution is 2.15. The molecule has 0 aromatic rings. The molecular weight excluding hydrogens is 304 g/mol. The predicted molar refractivity (Wildman–Crippen MR) is 114 cm³/mol. The van der Waals surface area contributed by atoms with Crippen molar-refractivity contribution in [3.8, 4) is 0 Å². The van der Waals surface area contributed by atoms with Gasteiger partial charge in [0.15, 0.2) is 0 Å². The smallest absolute Gasteiger partial charge is 0.0572 e. The van der Waals surface area contributed by atoms with Crippen molar-refractivity contribution >= 4 is 0 Å². The molecule has 0 heterocycles. The first-order valence-corrected chi connectivity index (χ1v) is 12.0. The molecule has 0 spiro atoms. The maximum absolute atomic E-state index is 5.86. The summed E-state index contributed by atoms with van der Waals surface area (Å²) in [4.78, 5) is 0. The number of ether oxygens (including phenoxy) is 1. The molecule has 0 aromatic carbocycles. The monoisotopic (exact) mass is 354 g/mol. The summed E-state index contributed by atoms with van der Waals surface area (Å²) < 4.78 is 5.86. The van der Waals surface area contributed by atoms with E-state index in [1.165, 1.54) is 116 Å². The highest BCUT2D eigenvalue weighted by molar-refractivity contribution is 4.56. The van der Waals surface area contributed by atoms with E-state index in [1.807, 2.05) is 0 Å². The Labute approximate surface area is 160 Å². The van der Waals surface area contributed by atoms with Crippen LogP contribution in [0.25, 0.3) is 0 Å². The van der Waals surface area contributed by atoms with Crippen LogP contribution >= 0.6 is 0 Å². The number of hydrogen-bond donors (Lipinski definition) is 0. The Bertz CT molecular complexity index is 226. The van der Waals surface area contributed by atoms with Crippen molar-refractivity contribution in [1.29, 1.82) is 0 Å². The lowest BCUT2D eigenvalue weighted by Crippen LogP contribution is -2.12. The van der Waals surface area contributed by atoms with Crippen molar-refractivity contribution in [2.45, 2.75) is 149 Å². The Kier molecular flexibility index (Phi) is 22.0. The zero-order valence-corrected chi connectivity index (χ0v) is 18.1. The summed E-state index contributed by atoms with van der Waals surface area (Å²) >= 11 is 0. The Morgan fingerprint density at radius 3 is 1.24 bits per heavy atom. The van der Waals surface area contributed by atoms with Crippen LogP contribution < -0.4 is 0 Å². The van der Waals surface area contributed by atoms with E-state index in [-0.39, 0.29) is 0 Å². The van der Waals surface area contributed by atoms with Gasteiger partial charge in [0.25, 0.3) is 0 Å². The second-order valence-corrected chi connectivity index (χ2v) is 7.99. The summed E-state index contributed by atoms with van der Waals surface area (Å²) in [5.41, 5.74) is 0. The molecule has 0 aliphatic carbocycles. The highest BCUT2D eigenvalue weighted by atomic mass is 16.5. The van der Waals surface area contributed by atoms with Gasteiger partial charge in [-0.3, -0.25) is 0 Å². The fourth-order valence-electron chi connectivity index (χ4n) is 3.61. The zero-order valence-electron chi connectivity index (χ0n) is 18.1. The quantitative estimate of drug-likeness (QED) is 0.187. The molecule has 1 heteroatoms. The molecule has 1 atom stereocenters. The standard InChI is InChI=1S/C24H50O/c1-4-7-8-9-10-11-12-13-14-15-16-17-18-19-20-21-22-24(6-3)25-23-5-2/h24H,4-23H2,1-3H3. The molecule has 0 aliphatic rings. The van der Waals surface area contributed by atoms with Crippen molar-refractivity contribution in [3.05, 3.63) is 0 Å². The van der Waals surface area contributed by atoms with Crippen LogP contribution in [0.1, 0.15) is 143 Å². The molecule has 0 radical (unpaired) electrons. The Morgan fingerprint density at radius 2 is 0.880 bits per heavy atom. The van der Waals surface area contributed by atoms with Crippen molar-refractivity contribution in [1.82, 2.24) is 0 Å². The van der Waals surface area contributed by atoms with E-state index in [0.717, 1.165) is 13.0 Å². The second kappa shape index (κ2) is 22.0. The summed E-state index contributed by atoms with van der Waals surface area (Å²) in [6.07, 6.45) is 27.3. The van der Waals surface area contributed by atoms with Crippen LogP contribution in [0.2, 0.25) is 0 Å². The van der Waals surface area contributed by atoms with E-state index in [1.54, 1.807) is 0 Å². The maximum atomic E-state index is 5.86. The second-order valence-electron chi connectivity index (χ2n) is 7.99. The SMILES string of the molecule is CCCCCCCCCCCCCCCCCCC(CC)OCCC. The van der Waals surface area contributed by atoms with Gasteiger partial charge < -0.3 is 4.74 Å². The summed E-state index contributed by atoms with van der Waals surface area (Å²) in [7, 11) is 0. The first kappa shape index (κ1) is 25.0. The lowest BCUT2D eigenvalue weighted by atomic mass is 10.0. The van der Waals surface area contributed by atoms with Gasteiger partial charge >= 0.3 is 0 Å². The van der Waals surface area contributed by atoms with Crippen molar-refractivity contribution in [2.75, 3.05) is 6.61 Å². The largest absolute Gasteiger partial charge is 0.378 e. The van der Waals surface area contributed by atoms with E-state index in [2.05, 4.69) is 20.8 Å². The van der Waals surface area contributed by atoms with Gasteiger partial charge in [0.1, 0.15) is 0 Å². The minimum atomic E-state index is 0.520. The van der Waals surface area contributed by atoms with E-state index in [0.29, 0.717) is 6.10 Å². The fourth-order valence-corrected chi connectivity index (χ4v) is 3.61. The van der Waals surface area contributed by atoms with Crippen LogP contribution in [-0.4, -0.2) is 12.7 Å². The van der Waals surface area contributed by atoms with Crippen LogP contribution in [-0.2, 0) is 4.74 Å². The van der Waals surface area contributed by atoms with E-state index in [4.69, 9.17) is 4.74 Å². The third-order valence-electron chi connectivity index (χ3n) is 5.39. The van der Waals surface area contributed by atoms with Gasteiger partial charge in [-0.05, 0) is 19.3 Å². The molecule has 0 N–H and O–H groups in total. The van der Waals surface area contributed by atoms with Gasteiger partial charge in [0, 0.05) is 6.61 Å². The van der Waals surface area contributed by atoms with Gasteiger partial charge in [-0.25, -0.2) is 0 Å². The van der Waals surface area contributed by atoms with E-state index >= 15 is 0 Å². The molecular formula is C24H50O. The minimum absolute atomic E-state index is 0.520. The van der Waals surface area contributed by atoms with Crippen molar-refractivity contribution in [2.24, 2.45) is 0 Å². The Morgan fingerprint density at radius 1 is 0.480 bits per heavy atom. The molecule has 0 bridgehead atoms. The van der Waals surface area contributed by atoms with Crippen molar-refractivity contribution in [3.63, 3.8) is 0 Å². The van der Waals surface area contributed by atoms with Gasteiger partial charge in [-0.1, -0.05) is 124 Å². The zero-order chi connectivity index (χ0) is 18.4. The lowest BCUT2D eigenvalue weighted by molar-refractivity contribution is 0.0436. The third-order valence-corrected chi connectivity index (χ3v) is 5.39. The summed E-state index contributed by atoms with van der Waals surface area (Å²) in [6.45, 7) is 7.69. The molecule has 152 valence electrons. The first-order chi connectivity index (χ1) is 12.3. The molecule has 0 rings (SSSR count). The summed E-state index contributed by atoms with van der Waals surface area (Å²) in [5.74, 6) is 0. The Balaban J connectivity index is 3.11. The van der Waals surface area contributed by atoms with Crippen LogP contribution in [0.5, 0.6) is 0 Å². The molecule has 25 heavy (non-hydrogen) atoms. The molecule has 0 aromatic heterocycles. The third kappa shape index (κ3) is 20.1. The molecule has 0 saturated carbocycles. The van der Waals surface area contributed by atoms with Gasteiger partial charge in [-0.2, -0.15) is 0 Å². The summed E-state index contributed by atoms with van der Waals surface area (Å²) in [6, 6.07) is 0. The van der Waals surface area contributed by atoms with Crippen LogP contribution in [0.4, 0.5) is 0 Å².